The van der Waals surface area contributed by atoms with Crippen molar-refractivity contribution in [2.45, 2.75) is 13.8 Å². The number of hydrogen-bond acceptors (Lipinski definition) is 2. The monoisotopic (exact) mass is 134 g/mol. The molecule has 0 radical (unpaired) electrons. The maximum atomic E-state index is 6.81. The van der Waals surface area contributed by atoms with E-state index in [4.69, 9.17) is 5.53 Å². The van der Waals surface area contributed by atoms with Gasteiger partial charge >= 0.3 is 0 Å². The highest BCUT2D eigenvalue weighted by molar-refractivity contribution is 5.46. The summed E-state index contributed by atoms with van der Waals surface area (Å²) in [5.74, 6) is 0. The van der Waals surface area contributed by atoms with Crippen LogP contribution in [0.25, 0.3) is 0 Å². The van der Waals surface area contributed by atoms with Crippen LogP contribution >= 0.6 is 0 Å². The van der Waals surface area contributed by atoms with Gasteiger partial charge in [0.2, 0.25) is 0 Å². The molecule has 2 nitrogen and oxygen atoms in total. The van der Waals surface area contributed by atoms with Crippen molar-refractivity contribution < 1.29 is 0 Å². The molecule has 0 unspecified atom stereocenters. The second-order valence-corrected chi connectivity index (χ2v) is 2.40. The zero-order valence-corrected chi connectivity index (χ0v) is 6.18. The molecule has 0 aliphatic rings. The van der Waals surface area contributed by atoms with Crippen LogP contribution in [-0.2, 0) is 0 Å². The molecule has 0 spiro atoms. The third kappa shape index (κ3) is 1.21. The van der Waals surface area contributed by atoms with Gasteiger partial charge in [-0.3, -0.25) is 0 Å². The fourth-order valence-electron chi connectivity index (χ4n) is 0.840. The van der Waals surface area contributed by atoms with Crippen LogP contribution in [0.3, 0.4) is 0 Å². The van der Waals surface area contributed by atoms with E-state index in [1.807, 2.05) is 32.0 Å². The first-order chi connectivity index (χ1) is 4.74. The largest absolute Gasteiger partial charge is 0.204 e. The lowest BCUT2D eigenvalue weighted by molar-refractivity contribution is 1.13. The van der Waals surface area contributed by atoms with E-state index in [-0.39, 0.29) is 0 Å². The van der Waals surface area contributed by atoms with Crippen LogP contribution in [0.1, 0.15) is 11.1 Å². The zero-order valence-electron chi connectivity index (χ0n) is 6.18. The van der Waals surface area contributed by atoms with Gasteiger partial charge in [-0.1, -0.05) is 12.1 Å². The molecule has 0 saturated heterocycles. The van der Waals surface area contributed by atoms with E-state index in [2.05, 4.69) is 5.11 Å². The van der Waals surface area contributed by atoms with E-state index >= 15 is 0 Å². The predicted molar refractivity (Wildman–Crippen MR) is 40.7 cm³/mol. The number of rotatable bonds is 1. The Balaban J connectivity index is 3.21. The summed E-state index contributed by atoms with van der Waals surface area (Å²) in [7, 11) is 0. The Labute approximate surface area is 60.4 Å². The van der Waals surface area contributed by atoms with E-state index in [0.29, 0.717) is 0 Å². The average Bonchev–Trinajstić information content (AvgIpc) is 1.94. The number of nitrogens with one attached hydrogen (secondary N) is 1. The van der Waals surface area contributed by atoms with Gasteiger partial charge in [0.15, 0.2) is 0 Å². The second-order valence-electron chi connectivity index (χ2n) is 2.40. The lowest BCUT2D eigenvalue weighted by atomic mass is 10.1. The molecular formula is C8H10N2. The maximum Gasteiger partial charge on any atom is 0.0881 e. The standard InChI is InChI=1S/C8H10N2/c1-6-3-4-7(2)8(5-6)10-9/h3-5,9H,1-2H3. The average molecular weight is 134 g/mol. The third-order valence-electron chi connectivity index (χ3n) is 1.49. The molecule has 0 atom stereocenters. The molecule has 1 rings (SSSR count). The van der Waals surface area contributed by atoms with Gasteiger partial charge in [-0.25, -0.2) is 5.53 Å². The summed E-state index contributed by atoms with van der Waals surface area (Å²) in [6.07, 6.45) is 0. The van der Waals surface area contributed by atoms with Crippen molar-refractivity contribution in [1.29, 1.82) is 5.53 Å². The smallest absolute Gasteiger partial charge is 0.0881 e. The lowest BCUT2D eigenvalue weighted by Gasteiger charge is -1.97. The molecule has 1 aromatic carbocycles. The normalized spacial score (nSPS) is 9.40. The first-order valence-electron chi connectivity index (χ1n) is 3.19. The number of nitrogens with zero attached hydrogens (tertiary/aromatic N) is 1. The molecule has 1 N–H and O–H groups in total. The van der Waals surface area contributed by atoms with Crippen molar-refractivity contribution in [1.82, 2.24) is 0 Å². The summed E-state index contributed by atoms with van der Waals surface area (Å²) in [5, 5.41) is 3.38. The third-order valence-corrected chi connectivity index (χ3v) is 1.49. The summed E-state index contributed by atoms with van der Waals surface area (Å²) in [6, 6.07) is 5.90. The van der Waals surface area contributed by atoms with Gasteiger partial charge in [-0.05, 0) is 31.0 Å². The predicted octanol–water partition coefficient (Wildman–Crippen LogP) is 2.97. The SMILES string of the molecule is Cc1ccc(C)c(N=N)c1. The van der Waals surface area contributed by atoms with Crippen LogP contribution in [0.2, 0.25) is 0 Å². The summed E-state index contributed by atoms with van der Waals surface area (Å²) in [6.45, 7) is 3.95. The molecule has 0 heterocycles. The van der Waals surface area contributed by atoms with Gasteiger partial charge < -0.3 is 0 Å². The van der Waals surface area contributed by atoms with Crippen LogP contribution < -0.4 is 0 Å². The minimum absolute atomic E-state index is 0.764. The van der Waals surface area contributed by atoms with Crippen LogP contribution in [0.4, 0.5) is 5.69 Å². The Morgan fingerprint density at radius 2 is 2.00 bits per heavy atom. The summed E-state index contributed by atoms with van der Waals surface area (Å²) in [5.41, 5.74) is 9.78. The molecule has 0 aliphatic heterocycles. The van der Waals surface area contributed by atoms with Crippen molar-refractivity contribution in [3.05, 3.63) is 29.3 Å². The van der Waals surface area contributed by atoms with Crippen LogP contribution in [0, 0.1) is 19.4 Å². The fraction of sp³-hybridized carbons (Fsp3) is 0.250. The van der Waals surface area contributed by atoms with Crippen LogP contribution in [-0.4, -0.2) is 0 Å². The molecule has 0 saturated carbocycles. The van der Waals surface area contributed by atoms with Crippen molar-refractivity contribution in [2.24, 2.45) is 5.11 Å². The topological polar surface area (TPSA) is 36.2 Å². The lowest BCUT2D eigenvalue weighted by Crippen LogP contribution is -1.74. The van der Waals surface area contributed by atoms with E-state index in [1.165, 1.54) is 0 Å². The fourth-order valence-corrected chi connectivity index (χ4v) is 0.840. The molecule has 2 heteroatoms. The summed E-state index contributed by atoms with van der Waals surface area (Å²) in [4.78, 5) is 0. The Bertz CT molecular complexity index is 253. The first-order valence-corrected chi connectivity index (χ1v) is 3.19. The molecule has 1 aromatic rings. The molecule has 0 aliphatic carbocycles. The highest BCUT2D eigenvalue weighted by Gasteiger charge is 1.93. The van der Waals surface area contributed by atoms with Gasteiger partial charge in [-0.2, -0.15) is 5.11 Å². The van der Waals surface area contributed by atoms with Gasteiger partial charge in [0.25, 0.3) is 0 Å². The van der Waals surface area contributed by atoms with Gasteiger partial charge in [0.1, 0.15) is 0 Å². The quantitative estimate of drug-likeness (QED) is 0.573. The van der Waals surface area contributed by atoms with Gasteiger partial charge in [-0.15, -0.1) is 0 Å². The minimum Gasteiger partial charge on any atom is -0.204 e. The molecule has 52 valence electrons. The maximum absolute atomic E-state index is 6.81. The van der Waals surface area contributed by atoms with Crippen molar-refractivity contribution in [3.63, 3.8) is 0 Å². The van der Waals surface area contributed by atoms with Gasteiger partial charge in [0, 0.05) is 0 Å². The van der Waals surface area contributed by atoms with E-state index in [1.54, 1.807) is 0 Å². The van der Waals surface area contributed by atoms with Crippen LogP contribution in [0.5, 0.6) is 0 Å². The second kappa shape index (κ2) is 2.60. The molecule has 0 amide bonds. The zero-order chi connectivity index (χ0) is 7.56. The number of aryl methyl sites for hydroxylation is 2. The van der Waals surface area contributed by atoms with Crippen molar-refractivity contribution >= 4 is 5.69 Å². The van der Waals surface area contributed by atoms with E-state index in [0.717, 1.165) is 16.8 Å². The molecule has 0 bridgehead atoms. The van der Waals surface area contributed by atoms with Crippen molar-refractivity contribution in [3.8, 4) is 0 Å². The number of benzene rings is 1. The van der Waals surface area contributed by atoms with Crippen molar-refractivity contribution in [2.75, 3.05) is 0 Å². The molecular weight excluding hydrogens is 124 g/mol. The molecule has 0 fully saturated rings. The number of hydrogen-bond donors (Lipinski definition) is 1. The highest BCUT2D eigenvalue weighted by Crippen LogP contribution is 2.18. The first kappa shape index (κ1) is 6.93. The Kier molecular flexibility index (Phi) is 1.81. The Morgan fingerprint density at radius 3 is 2.50 bits per heavy atom. The summed E-state index contributed by atoms with van der Waals surface area (Å²) >= 11 is 0. The summed E-state index contributed by atoms with van der Waals surface area (Å²) < 4.78 is 0. The Morgan fingerprint density at radius 1 is 1.30 bits per heavy atom. The molecule has 10 heavy (non-hydrogen) atoms. The minimum atomic E-state index is 0.764. The highest BCUT2D eigenvalue weighted by atomic mass is 15.0. The Hall–Kier alpha value is -1.18. The van der Waals surface area contributed by atoms with E-state index in [9.17, 15) is 0 Å². The van der Waals surface area contributed by atoms with E-state index < -0.39 is 0 Å². The van der Waals surface area contributed by atoms with Crippen LogP contribution in [0.15, 0.2) is 23.3 Å². The van der Waals surface area contributed by atoms with Gasteiger partial charge in [0.05, 0.1) is 5.69 Å². The molecule has 0 aromatic heterocycles.